The van der Waals surface area contributed by atoms with Crippen LogP contribution in [-0.4, -0.2) is 46.2 Å². The van der Waals surface area contributed by atoms with Gasteiger partial charge in [0.05, 0.1) is 23.3 Å². The van der Waals surface area contributed by atoms with Gasteiger partial charge in [0, 0.05) is 31.9 Å². The molecule has 2 unspecified atom stereocenters. The van der Waals surface area contributed by atoms with E-state index < -0.39 is 0 Å². The molecule has 7 rings (SSSR count). The van der Waals surface area contributed by atoms with Crippen LogP contribution in [0.25, 0.3) is 17.1 Å². The van der Waals surface area contributed by atoms with E-state index in [1.165, 1.54) is 38.2 Å². The third kappa shape index (κ3) is 3.34. The lowest BCUT2D eigenvalue weighted by atomic mass is 9.93. The summed E-state index contributed by atoms with van der Waals surface area (Å²) in [6.45, 7) is 3.88. The lowest BCUT2D eigenvalue weighted by molar-refractivity contribution is 0.384. The molecule has 2 aliphatic carbocycles. The molecule has 8 heteroatoms. The van der Waals surface area contributed by atoms with Gasteiger partial charge in [0.1, 0.15) is 5.69 Å². The molecule has 2 aromatic heterocycles. The number of aromatic nitrogens is 4. The topological polar surface area (TPSA) is 76.1 Å². The highest BCUT2D eigenvalue weighted by Crippen LogP contribution is 2.54. The number of nitrogens with two attached hydrogens (primary N) is 1. The van der Waals surface area contributed by atoms with Crippen molar-refractivity contribution in [2.45, 2.75) is 32.1 Å². The molecule has 2 N–H and O–H groups in total. The molecular weight excluding hydrogens is 417 g/mol. The smallest absolute Gasteiger partial charge is 0.165 e. The van der Waals surface area contributed by atoms with Gasteiger partial charge in [-0.25, -0.2) is 14.1 Å². The van der Waals surface area contributed by atoms with E-state index in [1.807, 2.05) is 24.4 Å². The van der Waals surface area contributed by atoms with E-state index in [4.69, 9.17) is 5.73 Å². The van der Waals surface area contributed by atoms with Gasteiger partial charge in [-0.1, -0.05) is 5.21 Å². The Hall–Kier alpha value is -3.16. The average Bonchev–Trinajstić information content (AvgIpc) is 3.64. The predicted molar refractivity (Wildman–Crippen MR) is 126 cm³/mol. The molecule has 1 aromatic carbocycles. The zero-order valence-corrected chi connectivity index (χ0v) is 18.6. The summed E-state index contributed by atoms with van der Waals surface area (Å²) < 4.78 is 16.3. The van der Waals surface area contributed by atoms with Gasteiger partial charge in [0.2, 0.25) is 0 Å². The number of anilines is 3. The Kier molecular flexibility index (Phi) is 4.05. The molecule has 0 radical (unpaired) electrons. The summed E-state index contributed by atoms with van der Waals surface area (Å²) in [4.78, 5) is 9.13. The highest BCUT2D eigenvalue weighted by molar-refractivity contribution is 5.69. The quantitative estimate of drug-likeness (QED) is 0.614. The van der Waals surface area contributed by atoms with Crippen LogP contribution in [-0.2, 0) is 0 Å². The van der Waals surface area contributed by atoms with E-state index in [0.717, 1.165) is 43.2 Å². The second-order valence-corrected chi connectivity index (χ2v) is 10.4. The van der Waals surface area contributed by atoms with Gasteiger partial charge in [-0.3, -0.25) is 0 Å². The number of nitrogen functional groups attached to an aromatic ring is 1. The van der Waals surface area contributed by atoms with Crippen molar-refractivity contribution in [1.29, 1.82) is 0 Å². The second kappa shape index (κ2) is 6.92. The first-order valence-electron chi connectivity index (χ1n) is 12.1. The van der Waals surface area contributed by atoms with E-state index in [1.54, 1.807) is 10.7 Å². The van der Waals surface area contributed by atoms with E-state index in [0.29, 0.717) is 34.5 Å². The fourth-order valence-corrected chi connectivity index (χ4v) is 5.75. The minimum atomic E-state index is -0.271. The first kappa shape index (κ1) is 19.3. The van der Waals surface area contributed by atoms with Crippen LogP contribution < -0.4 is 15.5 Å². The lowest BCUT2D eigenvalue weighted by Gasteiger charge is -2.35. The minimum Gasteiger partial charge on any atom is -0.399 e. The summed E-state index contributed by atoms with van der Waals surface area (Å²) in [5.41, 5.74) is 10.8. The Morgan fingerprint density at radius 1 is 0.909 bits per heavy atom. The Labute approximate surface area is 192 Å². The zero-order chi connectivity index (χ0) is 22.2. The van der Waals surface area contributed by atoms with Gasteiger partial charge in [0.15, 0.2) is 11.6 Å². The Balaban J connectivity index is 1.19. The maximum absolute atomic E-state index is 14.5. The van der Waals surface area contributed by atoms with Gasteiger partial charge in [0.25, 0.3) is 0 Å². The average molecular weight is 446 g/mol. The largest absolute Gasteiger partial charge is 0.399 e. The van der Waals surface area contributed by atoms with Crippen molar-refractivity contribution < 1.29 is 4.39 Å². The van der Waals surface area contributed by atoms with Crippen LogP contribution in [0.1, 0.15) is 32.1 Å². The maximum Gasteiger partial charge on any atom is 0.165 e. The second-order valence-electron chi connectivity index (χ2n) is 10.4. The van der Waals surface area contributed by atoms with Crippen LogP contribution in [0.15, 0.2) is 36.5 Å². The molecule has 170 valence electrons. The zero-order valence-electron chi connectivity index (χ0n) is 18.6. The first-order valence-corrected chi connectivity index (χ1v) is 12.1. The summed E-state index contributed by atoms with van der Waals surface area (Å²) in [5.74, 6) is 1.59. The van der Waals surface area contributed by atoms with Gasteiger partial charge in [-0.2, -0.15) is 0 Å². The number of nitrogens with zero attached hydrogens (tertiary/aromatic N) is 6. The molecule has 0 bridgehead atoms. The fraction of sp³-hybridized carbons (Fsp3) is 0.480. The normalized spacial score (nSPS) is 24.9. The summed E-state index contributed by atoms with van der Waals surface area (Å²) in [6, 6.07) is 9.13. The molecule has 4 aliphatic rings. The van der Waals surface area contributed by atoms with Crippen molar-refractivity contribution in [2.75, 3.05) is 41.7 Å². The minimum absolute atomic E-state index is 0.271. The third-order valence-electron chi connectivity index (χ3n) is 8.23. The molecule has 0 amide bonds. The number of benzene rings is 1. The number of fused-ring (bicyclic) bond motifs is 1. The Bertz CT molecular complexity index is 1210. The van der Waals surface area contributed by atoms with Crippen LogP contribution in [0.4, 0.5) is 21.6 Å². The molecule has 4 fully saturated rings. The van der Waals surface area contributed by atoms with Crippen molar-refractivity contribution in [3.63, 3.8) is 0 Å². The Morgan fingerprint density at radius 3 is 2.45 bits per heavy atom. The van der Waals surface area contributed by atoms with Crippen LogP contribution >= 0.6 is 0 Å². The lowest BCUT2D eigenvalue weighted by Crippen LogP contribution is -2.35. The number of rotatable bonds is 4. The van der Waals surface area contributed by atoms with E-state index in [2.05, 4.69) is 25.1 Å². The number of piperidine rings is 2. The van der Waals surface area contributed by atoms with Gasteiger partial charge < -0.3 is 15.5 Å². The van der Waals surface area contributed by atoms with Crippen molar-refractivity contribution in [2.24, 2.45) is 17.3 Å². The maximum atomic E-state index is 14.5. The van der Waals surface area contributed by atoms with Gasteiger partial charge in [-0.05, 0) is 79.7 Å². The number of hydrogen-bond donors (Lipinski definition) is 1. The Morgan fingerprint density at radius 2 is 1.70 bits per heavy atom. The molecule has 2 saturated heterocycles. The third-order valence-corrected chi connectivity index (χ3v) is 8.23. The summed E-state index contributed by atoms with van der Waals surface area (Å²) >= 11 is 0. The molecule has 2 saturated carbocycles. The van der Waals surface area contributed by atoms with Crippen molar-refractivity contribution in [1.82, 2.24) is 20.0 Å². The van der Waals surface area contributed by atoms with Gasteiger partial charge in [-0.15, -0.1) is 5.10 Å². The summed E-state index contributed by atoms with van der Waals surface area (Å²) in [7, 11) is 0. The van der Waals surface area contributed by atoms with Crippen LogP contribution in [0.5, 0.6) is 0 Å². The summed E-state index contributed by atoms with van der Waals surface area (Å²) in [6.07, 6.45) is 8.39. The number of halogens is 1. The number of pyridine rings is 1. The van der Waals surface area contributed by atoms with Crippen molar-refractivity contribution in [3.8, 4) is 17.1 Å². The van der Waals surface area contributed by atoms with Crippen molar-refractivity contribution >= 4 is 17.2 Å². The van der Waals surface area contributed by atoms with E-state index in [-0.39, 0.29) is 5.82 Å². The molecule has 3 aromatic rings. The number of hydrogen-bond acceptors (Lipinski definition) is 6. The van der Waals surface area contributed by atoms with E-state index in [9.17, 15) is 4.39 Å². The van der Waals surface area contributed by atoms with Crippen LogP contribution in [0.3, 0.4) is 0 Å². The van der Waals surface area contributed by atoms with Gasteiger partial charge >= 0.3 is 0 Å². The molecule has 2 atom stereocenters. The SMILES string of the molecule is Nc1ccc(-n2cc(-c3ccc(F)c(N4CC5CC5C4)n3)nn2)c(N2CCC3(CC2)CC3)c1. The standard InChI is InChI=1S/C25H28FN7/c26-19-2-3-20(28-24(19)32-13-16-11-17(16)14-32)21-15-33(30-29-21)22-4-1-18(27)12-23(22)31-9-7-25(5-6-25)8-10-31/h1-4,12,15-17H,5-11,13-14,27H2. The molecule has 2 aliphatic heterocycles. The highest BCUT2D eigenvalue weighted by Gasteiger charge is 2.46. The highest BCUT2D eigenvalue weighted by atomic mass is 19.1. The molecule has 7 nitrogen and oxygen atoms in total. The van der Waals surface area contributed by atoms with Crippen LogP contribution in [0.2, 0.25) is 0 Å². The fourth-order valence-electron chi connectivity index (χ4n) is 5.75. The molecular formula is C25H28FN7. The monoisotopic (exact) mass is 445 g/mol. The molecule has 1 spiro atoms. The van der Waals surface area contributed by atoms with Crippen LogP contribution in [0, 0.1) is 23.1 Å². The molecule has 4 heterocycles. The van der Waals surface area contributed by atoms with E-state index >= 15 is 0 Å². The van der Waals surface area contributed by atoms with Crippen molar-refractivity contribution in [3.05, 3.63) is 42.3 Å². The predicted octanol–water partition coefficient (Wildman–Crippen LogP) is 3.89. The molecule has 33 heavy (non-hydrogen) atoms. The summed E-state index contributed by atoms with van der Waals surface area (Å²) in [5, 5.41) is 8.79. The first-order chi connectivity index (χ1) is 16.1.